The fraction of sp³-hybridized carbons (Fsp3) is 0. The molecular formula is C17H10N2O3S2. The third-order valence-electron chi connectivity index (χ3n) is 3.36. The van der Waals surface area contributed by atoms with Crippen LogP contribution >= 0.6 is 22.7 Å². The number of nitrogens with zero attached hydrogens (tertiary/aromatic N) is 1. The van der Waals surface area contributed by atoms with E-state index in [0.29, 0.717) is 16.1 Å². The molecule has 0 aliphatic rings. The van der Waals surface area contributed by atoms with E-state index < -0.39 is 5.91 Å². The van der Waals surface area contributed by atoms with Crippen molar-refractivity contribution < 1.29 is 9.21 Å². The second-order valence-electron chi connectivity index (χ2n) is 4.94. The lowest BCUT2D eigenvalue weighted by molar-refractivity contribution is 0.0997. The minimum absolute atomic E-state index is 0.0356. The van der Waals surface area contributed by atoms with Gasteiger partial charge in [0.15, 0.2) is 16.3 Å². The SMILES string of the molecule is O=C(Nc1nc(-c2cccs2)cs1)c1cc(=O)c2ccccc2o1. The summed E-state index contributed by atoms with van der Waals surface area (Å²) in [6.45, 7) is 0. The third kappa shape index (κ3) is 2.75. The van der Waals surface area contributed by atoms with Crippen molar-refractivity contribution in [2.75, 3.05) is 5.32 Å². The number of thiazole rings is 1. The Morgan fingerprint density at radius 1 is 1.12 bits per heavy atom. The number of anilines is 1. The maximum atomic E-state index is 12.3. The van der Waals surface area contributed by atoms with Crippen molar-refractivity contribution in [3.05, 3.63) is 69.2 Å². The number of nitrogens with one attached hydrogen (secondary N) is 1. The number of benzene rings is 1. The topological polar surface area (TPSA) is 72.2 Å². The molecule has 0 bridgehead atoms. The van der Waals surface area contributed by atoms with E-state index in [9.17, 15) is 9.59 Å². The van der Waals surface area contributed by atoms with Crippen LogP contribution in [-0.2, 0) is 0 Å². The van der Waals surface area contributed by atoms with Crippen LogP contribution in [0.2, 0.25) is 0 Å². The minimum Gasteiger partial charge on any atom is -0.451 e. The summed E-state index contributed by atoms with van der Waals surface area (Å²) in [5, 5.41) is 7.42. The summed E-state index contributed by atoms with van der Waals surface area (Å²) in [5.74, 6) is -0.531. The van der Waals surface area contributed by atoms with Gasteiger partial charge in [-0.15, -0.1) is 22.7 Å². The Morgan fingerprint density at radius 2 is 2.00 bits per heavy atom. The molecule has 1 amide bonds. The maximum Gasteiger partial charge on any atom is 0.293 e. The van der Waals surface area contributed by atoms with E-state index in [2.05, 4.69) is 10.3 Å². The van der Waals surface area contributed by atoms with Crippen LogP contribution < -0.4 is 10.7 Å². The highest BCUT2D eigenvalue weighted by molar-refractivity contribution is 7.16. The number of amides is 1. The van der Waals surface area contributed by atoms with Gasteiger partial charge in [-0.2, -0.15) is 0 Å². The van der Waals surface area contributed by atoms with Crippen LogP contribution in [-0.4, -0.2) is 10.9 Å². The van der Waals surface area contributed by atoms with Gasteiger partial charge in [0.2, 0.25) is 0 Å². The van der Waals surface area contributed by atoms with Gasteiger partial charge in [0, 0.05) is 11.4 Å². The number of carbonyl (C=O) groups excluding carboxylic acids is 1. The first-order chi connectivity index (χ1) is 11.7. The molecule has 0 fully saturated rings. The van der Waals surface area contributed by atoms with Crippen molar-refractivity contribution in [3.63, 3.8) is 0 Å². The van der Waals surface area contributed by atoms with E-state index in [4.69, 9.17) is 4.42 Å². The Labute approximate surface area is 144 Å². The molecule has 0 saturated carbocycles. The second-order valence-corrected chi connectivity index (χ2v) is 6.75. The fourth-order valence-corrected chi connectivity index (χ4v) is 3.71. The predicted molar refractivity (Wildman–Crippen MR) is 95.9 cm³/mol. The van der Waals surface area contributed by atoms with Crippen molar-refractivity contribution >= 4 is 44.7 Å². The van der Waals surface area contributed by atoms with Gasteiger partial charge in [0.05, 0.1) is 16.0 Å². The Morgan fingerprint density at radius 3 is 2.83 bits per heavy atom. The molecular weight excluding hydrogens is 344 g/mol. The average molecular weight is 354 g/mol. The van der Waals surface area contributed by atoms with Crippen LogP contribution in [0.25, 0.3) is 21.5 Å². The molecule has 1 N–H and O–H groups in total. The van der Waals surface area contributed by atoms with Crippen molar-refractivity contribution in [2.45, 2.75) is 0 Å². The molecule has 118 valence electrons. The summed E-state index contributed by atoms with van der Waals surface area (Å²) in [6.07, 6.45) is 0. The lowest BCUT2D eigenvalue weighted by Crippen LogP contribution is -2.14. The van der Waals surface area contributed by atoms with Gasteiger partial charge in [-0.1, -0.05) is 18.2 Å². The maximum absolute atomic E-state index is 12.3. The van der Waals surface area contributed by atoms with E-state index in [0.717, 1.165) is 10.6 Å². The summed E-state index contributed by atoms with van der Waals surface area (Å²) in [5.41, 5.74) is 0.944. The average Bonchev–Trinajstić information content (AvgIpc) is 3.26. The normalized spacial score (nSPS) is 10.8. The molecule has 0 atom stereocenters. The number of rotatable bonds is 3. The standard InChI is InChI=1S/C17H10N2O3S2/c20-12-8-14(22-13-5-2-1-4-10(12)13)16(21)19-17-18-11(9-24-17)15-6-3-7-23-15/h1-9H,(H,18,19,21). The van der Waals surface area contributed by atoms with Crippen LogP contribution in [0.4, 0.5) is 5.13 Å². The summed E-state index contributed by atoms with van der Waals surface area (Å²) in [6, 6.07) is 11.9. The smallest absolute Gasteiger partial charge is 0.293 e. The van der Waals surface area contributed by atoms with Gasteiger partial charge < -0.3 is 4.42 Å². The van der Waals surface area contributed by atoms with Gasteiger partial charge in [0.25, 0.3) is 5.91 Å². The van der Waals surface area contributed by atoms with Gasteiger partial charge in [-0.3, -0.25) is 14.9 Å². The van der Waals surface area contributed by atoms with Crippen LogP contribution in [0.15, 0.2) is 62.4 Å². The zero-order valence-corrected chi connectivity index (χ0v) is 13.8. The summed E-state index contributed by atoms with van der Waals surface area (Å²) in [4.78, 5) is 29.8. The van der Waals surface area contributed by atoms with Crippen molar-refractivity contribution in [2.24, 2.45) is 0 Å². The third-order valence-corrected chi connectivity index (χ3v) is 5.01. The molecule has 0 spiro atoms. The number of para-hydroxylation sites is 1. The van der Waals surface area contributed by atoms with E-state index in [1.165, 1.54) is 17.4 Å². The van der Waals surface area contributed by atoms with Crippen molar-refractivity contribution in [1.82, 2.24) is 4.98 Å². The quantitative estimate of drug-likeness (QED) is 0.597. The molecule has 0 radical (unpaired) electrons. The molecule has 0 unspecified atom stereocenters. The van der Waals surface area contributed by atoms with Gasteiger partial charge in [-0.25, -0.2) is 4.98 Å². The number of hydrogen-bond donors (Lipinski definition) is 1. The highest BCUT2D eigenvalue weighted by atomic mass is 32.1. The number of carbonyl (C=O) groups is 1. The highest BCUT2D eigenvalue weighted by Gasteiger charge is 2.14. The minimum atomic E-state index is -0.495. The largest absolute Gasteiger partial charge is 0.451 e. The highest BCUT2D eigenvalue weighted by Crippen LogP contribution is 2.28. The number of thiophene rings is 1. The first-order valence-electron chi connectivity index (χ1n) is 7.04. The zero-order valence-electron chi connectivity index (χ0n) is 12.2. The van der Waals surface area contributed by atoms with E-state index in [1.54, 1.807) is 35.6 Å². The lowest BCUT2D eigenvalue weighted by atomic mass is 10.2. The predicted octanol–water partition coefficient (Wildman–Crippen LogP) is 4.23. The number of hydrogen-bond acceptors (Lipinski definition) is 6. The molecule has 4 rings (SSSR count). The molecule has 3 aromatic heterocycles. The molecule has 3 heterocycles. The van der Waals surface area contributed by atoms with E-state index in [1.807, 2.05) is 22.9 Å². The Balaban J connectivity index is 1.62. The Kier molecular flexibility index (Phi) is 3.72. The van der Waals surface area contributed by atoms with Crippen LogP contribution in [0.1, 0.15) is 10.6 Å². The van der Waals surface area contributed by atoms with Crippen molar-refractivity contribution in [3.8, 4) is 10.6 Å². The monoisotopic (exact) mass is 354 g/mol. The lowest BCUT2D eigenvalue weighted by Gasteiger charge is -2.02. The Bertz CT molecular complexity index is 1080. The first kappa shape index (κ1) is 14.8. The molecule has 4 aromatic rings. The summed E-state index contributed by atoms with van der Waals surface area (Å²) >= 11 is 2.90. The molecule has 7 heteroatoms. The van der Waals surface area contributed by atoms with Crippen molar-refractivity contribution in [1.29, 1.82) is 0 Å². The van der Waals surface area contributed by atoms with Crippen LogP contribution in [0.3, 0.4) is 0 Å². The van der Waals surface area contributed by atoms with E-state index >= 15 is 0 Å². The molecule has 0 saturated heterocycles. The van der Waals surface area contributed by atoms with Gasteiger partial charge >= 0.3 is 0 Å². The molecule has 24 heavy (non-hydrogen) atoms. The van der Waals surface area contributed by atoms with Gasteiger partial charge in [0.1, 0.15) is 5.58 Å². The first-order valence-corrected chi connectivity index (χ1v) is 8.80. The fourth-order valence-electron chi connectivity index (χ4n) is 2.24. The molecule has 0 aliphatic heterocycles. The van der Waals surface area contributed by atoms with Crippen LogP contribution in [0.5, 0.6) is 0 Å². The number of fused-ring (bicyclic) bond motifs is 1. The Hall–Kier alpha value is -2.77. The molecule has 5 nitrogen and oxygen atoms in total. The van der Waals surface area contributed by atoms with Crippen LogP contribution in [0, 0.1) is 0 Å². The summed E-state index contributed by atoms with van der Waals surface area (Å²) in [7, 11) is 0. The number of aromatic nitrogens is 1. The molecule has 1 aromatic carbocycles. The molecule has 0 aliphatic carbocycles. The van der Waals surface area contributed by atoms with E-state index in [-0.39, 0.29) is 11.2 Å². The second kappa shape index (κ2) is 6.03. The zero-order chi connectivity index (χ0) is 16.5. The van der Waals surface area contributed by atoms with Gasteiger partial charge in [-0.05, 0) is 23.6 Å². The summed E-state index contributed by atoms with van der Waals surface area (Å²) < 4.78 is 5.52.